The lowest BCUT2D eigenvalue weighted by molar-refractivity contribution is 0.148. The molecule has 2 N–H and O–H groups in total. The number of rotatable bonds is 8. The normalized spacial score (nSPS) is 15.5. The molecule has 0 aromatic heterocycles. The first-order valence-corrected chi connectivity index (χ1v) is 10.9. The summed E-state index contributed by atoms with van der Waals surface area (Å²) in [5, 5.41) is 6.63. The van der Waals surface area contributed by atoms with Crippen LogP contribution in [-0.4, -0.2) is 69.8 Å². The van der Waals surface area contributed by atoms with E-state index in [9.17, 15) is 0 Å². The summed E-state index contributed by atoms with van der Waals surface area (Å²) in [6.45, 7) is 9.02. The Balaban J connectivity index is 1.59. The average Bonchev–Trinajstić information content (AvgIpc) is 2.80. The van der Waals surface area contributed by atoms with Crippen molar-refractivity contribution in [3.8, 4) is 11.5 Å². The minimum absolute atomic E-state index is 0.609. The van der Waals surface area contributed by atoms with E-state index in [1.165, 1.54) is 11.1 Å². The van der Waals surface area contributed by atoms with Gasteiger partial charge < -0.3 is 25.0 Å². The molecule has 0 bridgehead atoms. The fourth-order valence-electron chi connectivity index (χ4n) is 3.54. The average molecular weight is 426 g/mol. The Labute approximate surface area is 186 Å². The van der Waals surface area contributed by atoms with E-state index in [1.807, 2.05) is 18.2 Å². The molecule has 2 aromatic carbocycles. The number of nitrogens with zero attached hydrogens (tertiary/aromatic N) is 3. The second-order valence-corrected chi connectivity index (χ2v) is 7.79. The molecule has 0 spiro atoms. The molecular formula is C24H35N5O2. The van der Waals surface area contributed by atoms with Crippen molar-refractivity contribution in [1.29, 1.82) is 0 Å². The van der Waals surface area contributed by atoms with Crippen molar-refractivity contribution in [1.82, 2.24) is 15.1 Å². The number of nitrogens with one attached hydrogen (secondary N) is 2. The highest BCUT2D eigenvalue weighted by atomic mass is 16.5. The Kier molecular flexibility index (Phi) is 8.55. The quantitative estimate of drug-likeness (QED) is 0.501. The lowest BCUT2D eigenvalue weighted by Gasteiger charge is -2.32. The highest BCUT2D eigenvalue weighted by molar-refractivity contribution is 5.93. The van der Waals surface area contributed by atoms with Crippen molar-refractivity contribution in [2.75, 3.05) is 59.3 Å². The van der Waals surface area contributed by atoms with Crippen LogP contribution >= 0.6 is 0 Å². The molecule has 1 aliphatic rings. The number of likely N-dealkylation sites (N-methyl/N-ethyl adjacent to an activating group) is 1. The van der Waals surface area contributed by atoms with Gasteiger partial charge >= 0.3 is 0 Å². The van der Waals surface area contributed by atoms with E-state index in [1.54, 1.807) is 14.2 Å². The zero-order chi connectivity index (χ0) is 22.1. The van der Waals surface area contributed by atoms with Crippen LogP contribution in [0.1, 0.15) is 18.1 Å². The zero-order valence-corrected chi connectivity index (χ0v) is 19.1. The van der Waals surface area contributed by atoms with Gasteiger partial charge in [0.2, 0.25) is 0 Å². The van der Waals surface area contributed by atoms with Crippen molar-refractivity contribution in [2.24, 2.45) is 4.99 Å². The van der Waals surface area contributed by atoms with Gasteiger partial charge in [-0.25, -0.2) is 4.99 Å². The highest BCUT2D eigenvalue weighted by Crippen LogP contribution is 2.29. The van der Waals surface area contributed by atoms with Gasteiger partial charge in [-0.15, -0.1) is 0 Å². The summed E-state index contributed by atoms with van der Waals surface area (Å²) in [5.74, 6) is 2.11. The summed E-state index contributed by atoms with van der Waals surface area (Å²) < 4.78 is 10.7. The second kappa shape index (κ2) is 11.6. The molecule has 0 saturated carbocycles. The van der Waals surface area contributed by atoms with Crippen molar-refractivity contribution in [3.05, 3.63) is 53.6 Å². The minimum atomic E-state index is 0.609. The van der Waals surface area contributed by atoms with Crippen LogP contribution in [0.2, 0.25) is 0 Å². The van der Waals surface area contributed by atoms with Crippen LogP contribution in [0.4, 0.5) is 5.69 Å². The van der Waals surface area contributed by atoms with Crippen LogP contribution in [0.15, 0.2) is 47.5 Å². The van der Waals surface area contributed by atoms with Crippen LogP contribution in [0.3, 0.4) is 0 Å². The fraction of sp³-hybridized carbons (Fsp3) is 0.458. The number of benzene rings is 2. The molecule has 0 atom stereocenters. The zero-order valence-electron chi connectivity index (χ0n) is 19.1. The number of aliphatic imine (C=N–C) groups is 1. The maximum atomic E-state index is 5.39. The van der Waals surface area contributed by atoms with E-state index in [2.05, 4.69) is 58.7 Å². The summed E-state index contributed by atoms with van der Waals surface area (Å²) in [5.41, 5.74) is 3.43. The van der Waals surface area contributed by atoms with Gasteiger partial charge in [-0.1, -0.05) is 24.3 Å². The van der Waals surface area contributed by atoms with Gasteiger partial charge in [-0.3, -0.25) is 4.90 Å². The van der Waals surface area contributed by atoms with E-state index in [4.69, 9.17) is 14.5 Å². The Morgan fingerprint density at radius 3 is 2.26 bits per heavy atom. The van der Waals surface area contributed by atoms with Gasteiger partial charge in [0.05, 0.1) is 20.8 Å². The molecule has 1 fully saturated rings. The maximum absolute atomic E-state index is 5.39. The van der Waals surface area contributed by atoms with E-state index in [0.29, 0.717) is 18.0 Å². The Morgan fingerprint density at radius 2 is 1.61 bits per heavy atom. The van der Waals surface area contributed by atoms with Gasteiger partial charge in [0.25, 0.3) is 0 Å². The Morgan fingerprint density at radius 1 is 0.935 bits per heavy atom. The summed E-state index contributed by atoms with van der Waals surface area (Å²) in [4.78, 5) is 9.64. The number of guanidine groups is 1. The van der Waals surface area contributed by atoms with Crippen LogP contribution < -0.4 is 20.1 Å². The highest BCUT2D eigenvalue weighted by Gasteiger charge is 2.13. The topological polar surface area (TPSA) is 61.4 Å². The number of hydrogen-bond donors (Lipinski definition) is 2. The molecule has 0 radical (unpaired) electrons. The Bertz CT molecular complexity index is 846. The summed E-state index contributed by atoms with van der Waals surface area (Å²) in [7, 11) is 5.45. The van der Waals surface area contributed by atoms with E-state index in [0.717, 1.165) is 50.9 Å². The molecule has 1 aliphatic heterocycles. The van der Waals surface area contributed by atoms with Gasteiger partial charge in [-0.05, 0) is 37.2 Å². The van der Waals surface area contributed by atoms with E-state index >= 15 is 0 Å². The number of anilines is 1. The molecular weight excluding hydrogens is 390 g/mol. The molecule has 168 valence electrons. The number of hydrogen-bond acceptors (Lipinski definition) is 5. The van der Waals surface area contributed by atoms with Crippen molar-refractivity contribution < 1.29 is 9.47 Å². The molecule has 3 rings (SSSR count). The second-order valence-electron chi connectivity index (χ2n) is 7.79. The third kappa shape index (κ3) is 6.87. The lowest BCUT2D eigenvalue weighted by Crippen LogP contribution is -2.43. The van der Waals surface area contributed by atoms with E-state index in [-0.39, 0.29) is 0 Å². The number of ether oxygens (including phenoxy) is 2. The van der Waals surface area contributed by atoms with Crippen LogP contribution in [0, 0.1) is 0 Å². The first kappa shape index (κ1) is 22.9. The van der Waals surface area contributed by atoms with Gasteiger partial charge in [-0.2, -0.15) is 0 Å². The third-order valence-electron chi connectivity index (χ3n) is 5.44. The lowest BCUT2D eigenvalue weighted by atomic mass is 10.1. The fourth-order valence-corrected chi connectivity index (χ4v) is 3.54. The van der Waals surface area contributed by atoms with Crippen molar-refractivity contribution in [3.63, 3.8) is 0 Å². The van der Waals surface area contributed by atoms with Crippen molar-refractivity contribution in [2.45, 2.75) is 20.0 Å². The van der Waals surface area contributed by atoms with E-state index < -0.39 is 0 Å². The predicted octanol–water partition coefficient (Wildman–Crippen LogP) is 3.03. The predicted molar refractivity (Wildman–Crippen MR) is 127 cm³/mol. The summed E-state index contributed by atoms with van der Waals surface area (Å²) in [6.07, 6.45) is 0. The monoisotopic (exact) mass is 425 g/mol. The molecule has 0 unspecified atom stereocenters. The minimum Gasteiger partial charge on any atom is -0.493 e. The van der Waals surface area contributed by atoms with Gasteiger partial charge in [0.15, 0.2) is 17.5 Å². The summed E-state index contributed by atoms with van der Waals surface area (Å²) in [6, 6.07) is 14.5. The standard InChI is InChI=1S/C24H35N5O2/c1-5-25-24(27-21-10-11-22(30-3)23(16-21)31-4)26-17-19-6-8-20(9-7-19)18-29-14-12-28(2)13-15-29/h6-11,16H,5,12-15,17-18H2,1-4H3,(H2,25,26,27). The Hall–Kier alpha value is -2.77. The molecule has 7 heteroatoms. The summed E-state index contributed by atoms with van der Waals surface area (Å²) >= 11 is 0. The molecule has 0 amide bonds. The SMILES string of the molecule is CCNC(=NCc1ccc(CN2CCN(C)CC2)cc1)Nc1ccc(OC)c(OC)c1. The number of methoxy groups -OCH3 is 2. The van der Waals surface area contributed by atoms with Crippen LogP contribution in [-0.2, 0) is 13.1 Å². The molecule has 31 heavy (non-hydrogen) atoms. The van der Waals surface area contributed by atoms with Crippen LogP contribution in [0.5, 0.6) is 11.5 Å². The molecule has 2 aromatic rings. The number of piperazine rings is 1. The smallest absolute Gasteiger partial charge is 0.196 e. The third-order valence-corrected chi connectivity index (χ3v) is 5.44. The first-order valence-electron chi connectivity index (χ1n) is 10.9. The van der Waals surface area contributed by atoms with Crippen LogP contribution in [0.25, 0.3) is 0 Å². The van der Waals surface area contributed by atoms with Gasteiger partial charge in [0, 0.05) is 51.0 Å². The van der Waals surface area contributed by atoms with Gasteiger partial charge in [0.1, 0.15) is 0 Å². The molecule has 7 nitrogen and oxygen atoms in total. The molecule has 0 aliphatic carbocycles. The van der Waals surface area contributed by atoms with Crippen molar-refractivity contribution >= 4 is 11.6 Å². The largest absolute Gasteiger partial charge is 0.493 e. The molecule has 1 heterocycles. The maximum Gasteiger partial charge on any atom is 0.196 e. The molecule has 1 saturated heterocycles. The first-order chi connectivity index (χ1) is 15.1.